The molecule has 2 N–H and O–H groups in total. The second-order valence-electron chi connectivity index (χ2n) is 6.09. The minimum absolute atomic E-state index is 0.132. The van der Waals surface area contributed by atoms with Gasteiger partial charge in [-0.15, -0.1) is 0 Å². The number of likely N-dealkylation sites (tertiary alicyclic amines) is 1. The van der Waals surface area contributed by atoms with Crippen molar-refractivity contribution in [2.75, 3.05) is 26.2 Å². The minimum Gasteiger partial charge on any atom is -0.389 e. The Morgan fingerprint density at radius 1 is 1.33 bits per heavy atom. The molecule has 1 aliphatic rings. The molecule has 0 aliphatic carbocycles. The van der Waals surface area contributed by atoms with Gasteiger partial charge in [0, 0.05) is 36.6 Å². The van der Waals surface area contributed by atoms with E-state index in [4.69, 9.17) is 26.0 Å². The second-order valence-corrected chi connectivity index (χ2v) is 6.52. The van der Waals surface area contributed by atoms with Gasteiger partial charge in [0.25, 0.3) is 0 Å². The summed E-state index contributed by atoms with van der Waals surface area (Å²) >= 11 is 5.83. The van der Waals surface area contributed by atoms with E-state index in [9.17, 15) is 5.11 Å². The standard InChI is InChI=1S/C17H21ClN2O4/c18-14-3-1-12(2-4-14)10-23-11-15(22)8-20-6-13(7-20)17-5-16(9-21)24-19-17/h1-5,13,15,21-22H,6-11H2. The average Bonchev–Trinajstić information content (AvgIpc) is 3.01. The summed E-state index contributed by atoms with van der Waals surface area (Å²) in [6.45, 7) is 2.84. The third kappa shape index (κ3) is 4.55. The van der Waals surface area contributed by atoms with Gasteiger partial charge in [-0.05, 0) is 17.7 Å². The van der Waals surface area contributed by atoms with Crippen LogP contribution < -0.4 is 0 Å². The van der Waals surface area contributed by atoms with Crippen LogP contribution in [-0.2, 0) is 18.0 Å². The molecule has 2 aromatic rings. The van der Waals surface area contributed by atoms with Crippen LogP contribution in [0.5, 0.6) is 0 Å². The first kappa shape index (κ1) is 17.4. The van der Waals surface area contributed by atoms with Gasteiger partial charge in [-0.25, -0.2) is 0 Å². The molecule has 7 heteroatoms. The molecule has 0 radical (unpaired) electrons. The van der Waals surface area contributed by atoms with Gasteiger partial charge in [0.1, 0.15) is 6.61 Å². The average molecular weight is 353 g/mol. The summed E-state index contributed by atoms with van der Waals surface area (Å²) in [6.07, 6.45) is -0.524. The Morgan fingerprint density at radius 2 is 2.08 bits per heavy atom. The van der Waals surface area contributed by atoms with Crippen molar-refractivity contribution in [3.63, 3.8) is 0 Å². The Hall–Kier alpha value is -1.44. The Balaban J connectivity index is 1.33. The number of rotatable bonds is 8. The van der Waals surface area contributed by atoms with Crippen molar-refractivity contribution in [2.24, 2.45) is 0 Å². The smallest absolute Gasteiger partial charge is 0.162 e. The molecule has 0 saturated carbocycles. The lowest BCUT2D eigenvalue weighted by molar-refractivity contribution is -0.00551. The molecule has 0 bridgehead atoms. The summed E-state index contributed by atoms with van der Waals surface area (Å²) in [5.41, 5.74) is 1.89. The number of hydrogen-bond acceptors (Lipinski definition) is 6. The van der Waals surface area contributed by atoms with Crippen LogP contribution in [0.1, 0.15) is 22.9 Å². The summed E-state index contributed by atoms with van der Waals surface area (Å²) in [5, 5.41) is 23.7. The number of ether oxygens (including phenoxy) is 1. The fourth-order valence-electron chi connectivity index (χ4n) is 2.75. The topological polar surface area (TPSA) is 79.0 Å². The maximum atomic E-state index is 10.1. The van der Waals surface area contributed by atoms with Crippen LogP contribution in [0.25, 0.3) is 0 Å². The third-order valence-electron chi connectivity index (χ3n) is 4.07. The zero-order valence-corrected chi connectivity index (χ0v) is 14.0. The number of hydrogen-bond donors (Lipinski definition) is 2. The molecule has 1 aromatic heterocycles. The number of benzene rings is 1. The van der Waals surface area contributed by atoms with E-state index in [1.54, 1.807) is 6.07 Å². The van der Waals surface area contributed by atoms with Crippen molar-refractivity contribution in [2.45, 2.75) is 25.2 Å². The van der Waals surface area contributed by atoms with Crippen molar-refractivity contribution in [1.82, 2.24) is 10.1 Å². The summed E-state index contributed by atoms with van der Waals surface area (Å²) in [4.78, 5) is 2.15. The molecule has 1 aromatic carbocycles. The number of aliphatic hydroxyl groups excluding tert-OH is 2. The molecule has 1 saturated heterocycles. The molecule has 1 aliphatic heterocycles. The van der Waals surface area contributed by atoms with Gasteiger partial charge < -0.3 is 19.5 Å². The first-order valence-electron chi connectivity index (χ1n) is 7.93. The number of aromatic nitrogens is 1. The van der Waals surface area contributed by atoms with E-state index >= 15 is 0 Å². The molecular formula is C17H21ClN2O4. The van der Waals surface area contributed by atoms with Gasteiger partial charge >= 0.3 is 0 Å². The van der Waals surface area contributed by atoms with Crippen LogP contribution in [0.15, 0.2) is 34.9 Å². The molecular weight excluding hydrogens is 332 g/mol. The molecule has 1 fully saturated rings. The predicted octanol–water partition coefficient (Wildman–Crippen LogP) is 1.80. The number of aliphatic hydroxyl groups is 2. The lowest BCUT2D eigenvalue weighted by Crippen LogP contribution is -2.49. The maximum absolute atomic E-state index is 10.1. The normalized spacial score (nSPS) is 17.0. The number of β-amino-alcohol motifs (C(OH)–C–C–N with tert-alkyl or cyclic N) is 1. The SMILES string of the molecule is OCc1cc(C2CN(CC(O)COCc3ccc(Cl)cc3)C2)no1. The fourth-order valence-corrected chi connectivity index (χ4v) is 2.87. The molecule has 3 rings (SSSR count). The van der Waals surface area contributed by atoms with Crippen molar-refractivity contribution in [3.05, 3.63) is 52.4 Å². The van der Waals surface area contributed by atoms with E-state index in [1.807, 2.05) is 24.3 Å². The highest BCUT2D eigenvalue weighted by Crippen LogP contribution is 2.26. The number of halogens is 1. The van der Waals surface area contributed by atoms with Crippen molar-refractivity contribution in [1.29, 1.82) is 0 Å². The van der Waals surface area contributed by atoms with Gasteiger partial charge in [-0.3, -0.25) is 4.90 Å². The third-order valence-corrected chi connectivity index (χ3v) is 4.32. The van der Waals surface area contributed by atoms with Crippen LogP contribution in [0.3, 0.4) is 0 Å². The molecule has 130 valence electrons. The molecule has 0 amide bonds. The monoisotopic (exact) mass is 352 g/mol. The Bertz CT molecular complexity index is 640. The van der Waals surface area contributed by atoms with Gasteiger partial charge in [0.15, 0.2) is 5.76 Å². The van der Waals surface area contributed by atoms with Crippen molar-refractivity contribution < 1.29 is 19.5 Å². The van der Waals surface area contributed by atoms with Gasteiger partial charge in [-0.2, -0.15) is 0 Å². The highest BCUT2D eigenvalue weighted by molar-refractivity contribution is 6.30. The largest absolute Gasteiger partial charge is 0.389 e. The lowest BCUT2D eigenvalue weighted by atomic mass is 9.96. The van der Waals surface area contributed by atoms with Crippen LogP contribution >= 0.6 is 11.6 Å². The summed E-state index contributed by atoms with van der Waals surface area (Å²) < 4.78 is 10.5. The van der Waals surface area contributed by atoms with Crippen LogP contribution in [0.4, 0.5) is 0 Å². The van der Waals surface area contributed by atoms with Gasteiger partial charge in [0.2, 0.25) is 0 Å². The zero-order chi connectivity index (χ0) is 16.9. The molecule has 1 unspecified atom stereocenters. The molecule has 2 heterocycles. The zero-order valence-electron chi connectivity index (χ0n) is 13.3. The predicted molar refractivity (Wildman–Crippen MR) is 88.7 cm³/mol. The minimum atomic E-state index is -0.524. The molecule has 6 nitrogen and oxygen atoms in total. The van der Waals surface area contributed by atoms with E-state index in [2.05, 4.69) is 10.1 Å². The van der Waals surface area contributed by atoms with E-state index in [-0.39, 0.29) is 6.61 Å². The summed E-state index contributed by atoms with van der Waals surface area (Å²) in [6, 6.07) is 9.25. The number of nitrogens with zero attached hydrogens (tertiary/aromatic N) is 2. The Morgan fingerprint density at radius 3 is 2.75 bits per heavy atom. The Labute approximate surface area is 145 Å². The van der Waals surface area contributed by atoms with Crippen LogP contribution in [-0.4, -0.2) is 52.6 Å². The maximum Gasteiger partial charge on any atom is 0.162 e. The first-order valence-corrected chi connectivity index (χ1v) is 8.31. The van der Waals surface area contributed by atoms with E-state index in [0.717, 1.165) is 24.3 Å². The quantitative estimate of drug-likeness (QED) is 0.754. The summed E-state index contributed by atoms with van der Waals surface area (Å²) in [5.74, 6) is 0.787. The Kier molecular flexibility index (Phi) is 5.86. The highest BCUT2D eigenvalue weighted by atomic mass is 35.5. The van der Waals surface area contributed by atoms with E-state index < -0.39 is 6.10 Å². The van der Waals surface area contributed by atoms with Gasteiger partial charge in [-0.1, -0.05) is 28.9 Å². The van der Waals surface area contributed by atoms with Crippen LogP contribution in [0.2, 0.25) is 5.02 Å². The van der Waals surface area contributed by atoms with E-state index in [0.29, 0.717) is 36.5 Å². The van der Waals surface area contributed by atoms with Crippen LogP contribution in [0, 0.1) is 0 Å². The van der Waals surface area contributed by atoms with E-state index in [1.165, 1.54) is 0 Å². The molecule has 1 atom stereocenters. The van der Waals surface area contributed by atoms with Crippen molar-refractivity contribution in [3.8, 4) is 0 Å². The second kappa shape index (κ2) is 8.09. The molecule has 24 heavy (non-hydrogen) atoms. The summed E-state index contributed by atoms with van der Waals surface area (Å²) in [7, 11) is 0. The van der Waals surface area contributed by atoms with Gasteiger partial charge in [0.05, 0.1) is 25.0 Å². The first-order chi connectivity index (χ1) is 11.6. The molecule has 0 spiro atoms. The lowest BCUT2D eigenvalue weighted by Gasteiger charge is -2.39. The fraction of sp³-hybridized carbons (Fsp3) is 0.471. The highest BCUT2D eigenvalue weighted by Gasteiger charge is 2.31. The van der Waals surface area contributed by atoms with Crippen molar-refractivity contribution >= 4 is 11.6 Å².